The zero-order chi connectivity index (χ0) is 25.3. The molecule has 2 N–H and O–H groups in total. The summed E-state index contributed by atoms with van der Waals surface area (Å²) in [5, 5.41) is 9.82. The number of carbonyl (C=O) groups excluding carboxylic acids is 1. The molecule has 8 heteroatoms. The number of aryl methyl sites for hydroxylation is 3. The van der Waals surface area contributed by atoms with Crippen LogP contribution in [-0.2, 0) is 16.0 Å². The number of benzene rings is 1. The van der Waals surface area contributed by atoms with Crippen LogP contribution in [0.1, 0.15) is 78.4 Å². The molecule has 182 valence electrons. The first-order chi connectivity index (χ1) is 16.6. The molecule has 1 aromatic carbocycles. The van der Waals surface area contributed by atoms with Crippen molar-refractivity contribution in [3.8, 4) is 17.0 Å². The maximum atomic E-state index is 12.8. The van der Waals surface area contributed by atoms with Gasteiger partial charge in [-0.05, 0) is 59.1 Å². The average Bonchev–Trinajstić information content (AvgIpc) is 3.25. The number of fused-ring (bicyclic) bond motifs is 3. The Morgan fingerprint density at radius 2 is 1.89 bits per heavy atom. The first kappa shape index (κ1) is 24.7. The minimum atomic E-state index is -0.575. The van der Waals surface area contributed by atoms with E-state index in [2.05, 4.69) is 60.3 Å². The van der Waals surface area contributed by atoms with Gasteiger partial charge in [0.15, 0.2) is 5.82 Å². The van der Waals surface area contributed by atoms with E-state index < -0.39 is 11.6 Å². The van der Waals surface area contributed by atoms with E-state index in [0.717, 1.165) is 40.5 Å². The number of nitrogens with zero attached hydrogens (tertiary/aromatic N) is 4. The number of thiophene rings is 1. The molecule has 3 heterocycles. The van der Waals surface area contributed by atoms with Gasteiger partial charge in [0.05, 0.1) is 12.1 Å². The summed E-state index contributed by atoms with van der Waals surface area (Å²) in [7, 11) is 0. The number of aliphatic imine (C=N–C) groups is 1. The third-order valence-corrected chi connectivity index (χ3v) is 7.08. The van der Waals surface area contributed by atoms with Gasteiger partial charge in [0.25, 0.3) is 0 Å². The highest BCUT2D eigenvalue weighted by Crippen LogP contribution is 2.39. The molecule has 0 radical (unpaired) electrons. The monoisotopic (exact) mass is 489 g/mol. The van der Waals surface area contributed by atoms with E-state index in [9.17, 15) is 4.79 Å². The van der Waals surface area contributed by atoms with Crippen LogP contribution in [0.5, 0.6) is 0 Å². The number of rotatable bonds is 5. The van der Waals surface area contributed by atoms with E-state index in [-0.39, 0.29) is 12.4 Å². The van der Waals surface area contributed by atoms with E-state index in [1.54, 1.807) is 11.3 Å². The van der Waals surface area contributed by atoms with Gasteiger partial charge in [0.1, 0.15) is 22.5 Å². The molecule has 0 saturated heterocycles. The predicted molar refractivity (Wildman–Crippen MR) is 139 cm³/mol. The Labute approximate surface area is 210 Å². The molecule has 7 nitrogen and oxygen atoms in total. The summed E-state index contributed by atoms with van der Waals surface area (Å²) in [4.78, 5) is 19.2. The van der Waals surface area contributed by atoms with Gasteiger partial charge in [-0.2, -0.15) is 0 Å². The Morgan fingerprint density at radius 3 is 2.54 bits per heavy atom. The second kappa shape index (κ2) is 9.67. The molecule has 1 atom stereocenters. The van der Waals surface area contributed by atoms with Crippen molar-refractivity contribution in [1.29, 1.82) is 0 Å². The van der Waals surface area contributed by atoms with Crippen molar-refractivity contribution < 1.29 is 9.53 Å². The largest absolute Gasteiger partial charge is 0.460 e. The quantitative estimate of drug-likeness (QED) is 0.318. The third-order valence-electron chi connectivity index (χ3n) is 5.89. The van der Waals surface area contributed by atoms with Gasteiger partial charge in [0, 0.05) is 28.5 Å². The maximum absolute atomic E-state index is 12.8. The SMILES string of the molecule is Cc1sc2c(c1C)C(c1ccc(CCC#CN)cc1)=N[C@@H](CC(=O)OC(C)(C)C)c1nnc(C)n1-2. The standard InChI is InChI=1S/C27H31N5O2S/c1-16-17(2)35-26-23(16)24(20-12-10-19(11-13-20)9-7-8-14-28)29-21(15-22(33)34-27(4,5)6)25-31-30-18(3)32(25)26/h10-13,21H,7,9,15,28H2,1-6H3/t21-/m0/s1. The molecule has 0 spiro atoms. The molecule has 0 saturated carbocycles. The lowest BCUT2D eigenvalue weighted by Gasteiger charge is -2.21. The van der Waals surface area contributed by atoms with E-state index in [1.165, 1.54) is 16.0 Å². The van der Waals surface area contributed by atoms with Gasteiger partial charge in [-0.3, -0.25) is 14.4 Å². The van der Waals surface area contributed by atoms with Gasteiger partial charge >= 0.3 is 5.97 Å². The molecular weight excluding hydrogens is 458 g/mol. The fraction of sp³-hybridized carbons (Fsp3) is 0.407. The summed E-state index contributed by atoms with van der Waals surface area (Å²) in [6, 6.07) is 10.3. The molecule has 0 aliphatic carbocycles. The fourth-order valence-corrected chi connectivity index (χ4v) is 5.39. The van der Waals surface area contributed by atoms with Gasteiger partial charge in [-0.1, -0.05) is 30.2 Å². The zero-order valence-corrected chi connectivity index (χ0v) is 21.9. The zero-order valence-electron chi connectivity index (χ0n) is 21.1. The molecule has 0 unspecified atom stereocenters. The second-order valence-corrected chi connectivity index (χ2v) is 10.9. The van der Waals surface area contributed by atoms with Gasteiger partial charge in [-0.25, -0.2) is 0 Å². The Hall–Kier alpha value is -3.44. The van der Waals surface area contributed by atoms with Crippen molar-refractivity contribution in [1.82, 2.24) is 14.8 Å². The molecule has 35 heavy (non-hydrogen) atoms. The number of ether oxygens (including phenoxy) is 1. The van der Waals surface area contributed by atoms with E-state index in [4.69, 9.17) is 15.5 Å². The lowest BCUT2D eigenvalue weighted by Crippen LogP contribution is -2.25. The highest BCUT2D eigenvalue weighted by atomic mass is 32.1. The first-order valence-electron chi connectivity index (χ1n) is 11.7. The van der Waals surface area contributed by atoms with Crippen molar-refractivity contribution in [3.05, 3.63) is 63.0 Å². The van der Waals surface area contributed by atoms with E-state index in [0.29, 0.717) is 5.82 Å². The predicted octanol–water partition coefficient (Wildman–Crippen LogP) is 4.73. The summed E-state index contributed by atoms with van der Waals surface area (Å²) >= 11 is 1.70. The Balaban J connectivity index is 1.82. The van der Waals surface area contributed by atoms with Crippen LogP contribution in [0.4, 0.5) is 0 Å². The van der Waals surface area contributed by atoms with E-state index in [1.807, 2.05) is 32.3 Å². The van der Waals surface area contributed by atoms with Crippen molar-refractivity contribution in [2.45, 2.75) is 72.4 Å². The first-order valence-corrected chi connectivity index (χ1v) is 12.5. The Morgan fingerprint density at radius 1 is 1.17 bits per heavy atom. The van der Waals surface area contributed by atoms with Crippen molar-refractivity contribution in [2.75, 3.05) is 0 Å². The Bertz CT molecular complexity index is 1350. The summed E-state index contributed by atoms with van der Waals surface area (Å²) in [5.74, 6) is 4.02. The molecule has 1 aliphatic heterocycles. The summed E-state index contributed by atoms with van der Waals surface area (Å²) in [5.41, 5.74) is 9.97. The van der Waals surface area contributed by atoms with Crippen LogP contribution < -0.4 is 5.73 Å². The molecule has 1 aliphatic rings. The van der Waals surface area contributed by atoms with Gasteiger partial charge in [-0.15, -0.1) is 21.5 Å². The van der Waals surface area contributed by atoms with Crippen molar-refractivity contribution in [2.24, 2.45) is 10.7 Å². The summed E-state index contributed by atoms with van der Waals surface area (Å²) in [6.07, 6.45) is 1.64. The van der Waals surface area contributed by atoms with Crippen LogP contribution in [-0.4, -0.2) is 32.0 Å². The molecule has 0 amide bonds. The number of esters is 1. The van der Waals surface area contributed by atoms with Crippen LogP contribution in [0.25, 0.3) is 5.00 Å². The topological polar surface area (TPSA) is 95.4 Å². The van der Waals surface area contributed by atoms with Crippen molar-refractivity contribution in [3.63, 3.8) is 0 Å². The number of aromatic nitrogens is 3. The number of hydrogen-bond donors (Lipinski definition) is 1. The minimum absolute atomic E-state index is 0.0850. The lowest BCUT2D eigenvalue weighted by atomic mass is 9.98. The Kier molecular flexibility index (Phi) is 6.82. The smallest absolute Gasteiger partial charge is 0.308 e. The highest BCUT2D eigenvalue weighted by Gasteiger charge is 2.33. The molecular formula is C27H31N5O2S. The summed E-state index contributed by atoms with van der Waals surface area (Å²) < 4.78 is 7.67. The molecule has 0 bridgehead atoms. The fourth-order valence-electron chi connectivity index (χ4n) is 4.17. The van der Waals surface area contributed by atoms with Crippen LogP contribution in [0, 0.1) is 32.7 Å². The third kappa shape index (κ3) is 5.15. The van der Waals surface area contributed by atoms with Crippen LogP contribution in [0.15, 0.2) is 29.3 Å². The van der Waals surface area contributed by atoms with E-state index >= 15 is 0 Å². The van der Waals surface area contributed by atoms with Crippen LogP contribution in [0.3, 0.4) is 0 Å². The van der Waals surface area contributed by atoms with Crippen molar-refractivity contribution >= 4 is 23.0 Å². The highest BCUT2D eigenvalue weighted by molar-refractivity contribution is 7.15. The van der Waals surface area contributed by atoms with Gasteiger partial charge < -0.3 is 10.5 Å². The number of hydrogen-bond acceptors (Lipinski definition) is 7. The molecule has 4 rings (SSSR count). The van der Waals surface area contributed by atoms with Crippen LogP contribution in [0.2, 0.25) is 0 Å². The van der Waals surface area contributed by atoms with Gasteiger partial charge in [0.2, 0.25) is 0 Å². The maximum Gasteiger partial charge on any atom is 0.308 e. The molecule has 0 fully saturated rings. The summed E-state index contributed by atoms with van der Waals surface area (Å²) in [6.45, 7) is 11.8. The van der Waals surface area contributed by atoms with Crippen LogP contribution >= 0.6 is 11.3 Å². The molecule has 2 aromatic heterocycles. The average molecular weight is 490 g/mol. The minimum Gasteiger partial charge on any atom is -0.460 e. The number of carbonyl (C=O) groups is 1. The normalized spacial score (nSPS) is 14.8. The second-order valence-electron chi connectivity index (χ2n) is 9.71. The molecule has 3 aromatic rings. The lowest BCUT2D eigenvalue weighted by molar-refractivity contribution is -0.155. The number of nitrogens with two attached hydrogens (primary N) is 1.